The molecule has 2 bridgehead atoms. The van der Waals surface area contributed by atoms with Crippen LogP contribution in [0.1, 0.15) is 36.9 Å². The second-order valence-corrected chi connectivity index (χ2v) is 4.57. The maximum absolute atomic E-state index is 5.78. The molecule has 3 heterocycles. The fourth-order valence-electron chi connectivity index (χ4n) is 2.64. The molecular weight excluding hydrogens is 218 g/mol. The van der Waals surface area contributed by atoms with Gasteiger partial charge in [-0.25, -0.2) is 0 Å². The third-order valence-corrected chi connectivity index (χ3v) is 3.42. The SMILES string of the molecule is C#CCNCc1nc(C2CC3CCC2O3)no1. The average Bonchev–Trinajstić information content (AvgIpc) is 3.04. The van der Waals surface area contributed by atoms with Gasteiger partial charge in [-0.05, 0) is 19.3 Å². The minimum absolute atomic E-state index is 0.295. The molecule has 1 N–H and O–H groups in total. The Morgan fingerprint density at radius 1 is 1.47 bits per heavy atom. The van der Waals surface area contributed by atoms with E-state index in [9.17, 15) is 0 Å². The van der Waals surface area contributed by atoms with E-state index in [1.165, 1.54) is 6.42 Å². The number of aromatic nitrogens is 2. The molecular formula is C12H15N3O2. The van der Waals surface area contributed by atoms with Crippen LogP contribution in [0, 0.1) is 12.3 Å². The average molecular weight is 233 g/mol. The van der Waals surface area contributed by atoms with Crippen LogP contribution in [0.2, 0.25) is 0 Å². The van der Waals surface area contributed by atoms with E-state index in [0.717, 1.165) is 18.7 Å². The number of nitrogens with zero attached hydrogens (tertiary/aromatic N) is 2. The predicted octanol–water partition coefficient (Wildman–Crippen LogP) is 0.827. The van der Waals surface area contributed by atoms with E-state index >= 15 is 0 Å². The summed E-state index contributed by atoms with van der Waals surface area (Å²) in [6.45, 7) is 1.04. The van der Waals surface area contributed by atoms with Crippen LogP contribution in [0.15, 0.2) is 4.52 Å². The smallest absolute Gasteiger partial charge is 0.240 e. The number of fused-ring (bicyclic) bond motifs is 2. The van der Waals surface area contributed by atoms with Crippen LogP contribution in [0.4, 0.5) is 0 Å². The first-order chi connectivity index (χ1) is 8.36. The van der Waals surface area contributed by atoms with Crippen molar-refractivity contribution in [3.05, 3.63) is 11.7 Å². The number of rotatable bonds is 4. The highest BCUT2D eigenvalue weighted by molar-refractivity contribution is 5.06. The van der Waals surface area contributed by atoms with Crippen molar-refractivity contribution in [3.63, 3.8) is 0 Å². The van der Waals surface area contributed by atoms with Crippen molar-refractivity contribution in [1.82, 2.24) is 15.5 Å². The molecule has 0 aliphatic carbocycles. The largest absolute Gasteiger partial charge is 0.374 e. The molecule has 2 fully saturated rings. The molecule has 3 atom stereocenters. The lowest BCUT2D eigenvalue weighted by molar-refractivity contribution is 0.0996. The molecule has 1 aromatic rings. The van der Waals surface area contributed by atoms with Gasteiger partial charge in [-0.1, -0.05) is 11.1 Å². The minimum Gasteiger partial charge on any atom is -0.374 e. The third-order valence-electron chi connectivity index (χ3n) is 3.42. The zero-order valence-electron chi connectivity index (χ0n) is 9.56. The van der Waals surface area contributed by atoms with Crippen molar-refractivity contribution in [3.8, 4) is 12.3 Å². The summed E-state index contributed by atoms with van der Waals surface area (Å²) in [7, 11) is 0. The van der Waals surface area contributed by atoms with Crippen LogP contribution in [-0.2, 0) is 11.3 Å². The van der Waals surface area contributed by atoms with E-state index < -0.39 is 0 Å². The lowest BCUT2D eigenvalue weighted by Crippen LogP contribution is -2.16. The zero-order chi connectivity index (χ0) is 11.7. The zero-order valence-corrected chi connectivity index (χ0v) is 9.56. The molecule has 0 aromatic carbocycles. The van der Waals surface area contributed by atoms with Gasteiger partial charge < -0.3 is 9.26 Å². The van der Waals surface area contributed by atoms with E-state index in [1.807, 2.05) is 0 Å². The van der Waals surface area contributed by atoms with Crippen LogP contribution in [-0.4, -0.2) is 28.9 Å². The van der Waals surface area contributed by atoms with Crippen molar-refractivity contribution in [2.75, 3.05) is 6.54 Å². The second-order valence-electron chi connectivity index (χ2n) is 4.57. The van der Waals surface area contributed by atoms with Crippen molar-refractivity contribution >= 4 is 0 Å². The van der Waals surface area contributed by atoms with Gasteiger partial charge in [-0.15, -0.1) is 6.42 Å². The van der Waals surface area contributed by atoms with Gasteiger partial charge in [0.25, 0.3) is 0 Å². The third kappa shape index (κ3) is 2.06. The molecule has 17 heavy (non-hydrogen) atoms. The number of ether oxygens (including phenoxy) is 1. The highest BCUT2D eigenvalue weighted by Gasteiger charge is 2.43. The Kier molecular flexibility index (Phi) is 2.83. The normalized spacial score (nSPS) is 30.6. The van der Waals surface area contributed by atoms with E-state index in [2.05, 4.69) is 21.4 Å². The van der Waals surface area contributed by atoms with Crippen molar-refractivity contribution in [2.45, 2.75) is 43.9 Å². The molecule has 0 radical (unpaired) electrons. The van der Waals surface area contributed by atoms with Gasteiger partial charge in [0.2, 0.25) is 5.89 Å². The lowest BCUT2D eigenvalue weighted by atomic mass is 9.89. The summed E-state index contributed by atoms with van der Waals surface area (Å²) < 4.78 is 11.0. The molecule has 5 heteroatoms. The Morgan fingerprint density at radius 3 is 3.12 bits per heavy atom. The molecule has 2 aliphatic heterocycles. The monoisotopic (exact) mass is 233 g/mol. The minimum atomic E-state index is 0.295. The fourth-order valence-corrected chi connectivity index (χ4v) is 2.64. The molecule has 5 nitrogen and oxygen atoms in total. The highest BCUT2D eigenvalue weighted by Crippen LogP contribution is 2.43. The molecule has 0 spiro atoms. The van der Waals surface area contributed by atoms with Gasteiger partial charge in [0.05, 0.1) is 31.2 Å². The molecule has 2 saturated heterocycles. The molecule has 3 unspecified atom stereocenters. The Balaban J connectivity index is 1.63. The van der Waals surface area contributed by atoms with Crippen LogP contribution in [0.3, 0.4) is 0 Å². The van der Waals surface area contributed by atoms with Crippen LogP contribution >= 0.6 is 0 Å². The summed E-state index contributed by atoms with van der Waals surface area (Å²) >= 11 is 0. The maximum Gasteiger partial charge on any atom is 0.240 e. The quantitative estimate of drug-likeness (QED) is 0.616. The standard InChI is InChI=1S/C12H15N3O2/c1-2-5-13-7-11-14-12(15-17-11)9-6-8-3-4-10(9)16-8/h1,8-10,13H,3-7H2. The van der Waals surface area contributed by atoms with Gasteiger partial charge in [-0.3, -0.25) is 5.32 Å². The topological polar surface area (TPSA) is 60.2 Å². The van der Waals surface area contributed by atoms with E-state index in [0.29, 0.717) is 37.1 Å². The lowest BCUT2D eigenvalue weighted by Gasteiger charge is -2.13. The summed E-state index contributed by atoms with van der Waals surface area (Å²) in [4.78, 5) is 4.39. The second kappa shape index (κ2) is 4.47. The molecule has 1 aromatic heterocycles. The summed E-state index contributed by atoms with van der Waals surface area (Å²) in [5, 5.41) is 7.06. The van der Waals surface area contributed by atoms with Gasteiger partial charge >= 0.3 is 0 Å². The molecule has 90 valence electrons. The summed E-state index contributed by atoms with van der Waals surface area (Å²) in [6.07, 6.45) is 9.17. The van der Waals surface area contributed by atoms with Crippen molar-refractivity contribution in [2.24, 2.45) is 0 Å². The summed E-state index contributed by atoms with van der Waals surface area (Å²) in [5.41, 5.74) is 0. The molecule has 0 saturated carbocycles. The van der Waals surface area contributed by atoms with Gasteiger partial charge in [0.15, 0.2) is 5.82 Å². The number of hydrogen-bond donors (Lipinski definition) is 1. The maximum atomic E-state index is 5.78. The van der Waals surface area contributed by atoms with Crippen LogP contribution in [0.5, 0.6) is 0 Å². The highest BCUT2D eigenvalue weighted by atomic mass is 16.5. The van der Waals surface area contributed by atoms with Crippen LogP contribution < -0.4 is 5.32 Å². The van der Waals surface area contributed by atoms with Crippen molar-refractivity contribution < 1.29 is 9.26 Å². The Labute approximate surface area is 99.9 Å². The fraction of sp³-hybridized carbons (Fsp3) is 0.667. The van der Waals surface area contributed by atoms with Crippen molar-refractivity contribution in [1.29, 1.82) is 0 Å². The molecule has 2 aliphatic rings. The number of terminal acetylenes is 1. The van der Waals surface area contributed by atoms with E-state index in [1.54, 1.807) is 0 Å². The first-order valence-corrected chi connectivity index (χ1v) is 5.99. The Hall–Kier alpha value is -1.38. The summed E-state index contributed by atoms with van der Waals surface area (Å²) in [6, 6.07) is 0. The predicted molar refractivity (Wildman–Crippen MR) is 60.1 cm³/mol. The number of hydrogen-bond acceptors (Lipinski definition) is 5. The molecule has 0 amide bonds. The van der Waals surface area contributed by atoms with Crippen LogP contribution in [0.25, 0.3) is 0 Å². The first kappa shape index (κ1) is 10.8. The van der Waals surface area contributed by atoms with Gasteiger partial charge in [0.1, 0.15) is 0 Å². The van der Waals surface area contributed by atoms with E-state index in [4.69, 9.17) is 15.7 Å². The van der Waals surface area contributed by atoms with Gasteiger partial charge in [-0.2, -0.15) is 4.98 Å². The van der Waals surface area contributed by atoms with E-state index in [-0.39, 0.29) is 0 Å². The first-order valence-electron chi connectivity index (χ1n) is 5.99. The summed E-state index contributed by atoms with van der Waals surface area (Å²) in [5.74, 6) is 4.20. The van der Waals surface area contributed by atoms with Gasteiger partial charge in [0, 0.05) is 0 Å². The Bertz CT molecular complexity index is 437. The molecule has 3 rings (SSSR count). The Morgan fingerprint density at radius 2 is 2.41 bits per heavy atom. The number of nitrogens with one attached hydrogen (secondary N) is 1.